The van der Waals surface area contributed by atoms with Crippen LogP contribution in [0.3, 0.4) is 0 Å². The predicted molar refractivity (Wildman–Crippen MR) is 86.8 cm³/mol. The molecule has 0 aliphatic heterocycles. The molecule has 0 unspecified atom stereocenters. The number of para-hydroxylation sites is 1. The number of fused-ring (bicyclic) bond motifs is 1. The first kappa shape index (κ1) is 14.2. The lowest BCUT2D eigenvalue weighted by Crippen LogP contribution is -1.99. The Labute approximate surface area is 130 Å². The van der Waals surface area contributed by atoms with E-state index in [1.54, 1.807) is 36.4 Å². The Balaban J connectivity index is 2.13. The van der Waals surface area contributed by atoms with Gasteiger partial charge < -0.3 is 14.6 Å². The maximum absolute atomic E-state index is 11.9. The van der Waals surface area contributed by atoms with E-state index in [1.165, 1.54) is 12.3 Å². The van der Waals surface area contributed by atoms with Crippen molar-refractivity contribution >= 4 is 35.5 Å². The van der Waals surface area contributed by atoms with Gasteiger partial charge in [-0.1, -0.05) is 12.1 Å². The third kappa shape index (κ3) is 2.56. The molecule has 0 saturated heterocycles. The number of thiol groups is 1. The molecule has 110 valence electrons. The van der Waals surface area contributed by atoms with Gasteiger partial charge in [-0.2, -0.15) is 0 Å². The fourth-order valence-electron chi connectivity index (χ4n) is 2.02. The average molecular weight is 313 g/mol. The highest BCUT2D eigenvalue weighted by Crippen LogP contribution is 2.31. The summed E-state index contributed by atoms with van der Waals surface area (Å²) in [5.74, 6) is -0.268. The Bertz CT molecular complexity index is 947. The number of nitrogens with zero attached hydrogens (tertiary/aromatic N) is 1. The minimum Gasteiger partial charge on any atom is -0.507 e. The van der Waals surface area contributed by atoms with Crippen molar-refractivity contribution in [2.24, 2.45) is 4.99 Å². The van der Waals surface area contributed by atoms with E-state index in [0.717, 1.165) is 0 Å². The summed E-state index contributed by atoms with van der Waals surface area (Å²) >= 11 is 4.17. The molecule has 0 fully saturated rings. The van der Waals surface area contributed by atoms with Crippen LogP contribution >= 0.6 is 12.6 Å². The largest absolute Gasteiger partial charge is 0.507 e. The first-order valence-electron chi connectivity index (χ1n) is 6.37. The van der Waals surface area contributed by atoms with Crippen LogP contribution in [0.25, 0.3) is 11.0 Å². The summed E-state index contributed by atoms with van der Waals surface area (Å²) in [6.45, 7) is 0. The molecular weight excluding hydrogens is 302 g/mol. The molecule has 1 aromatic heterocycles. The number of benzene rings is 2. The molecule has 6 heteroatoms. The van der Waals surface area contributed by atoms with Gasteiger partial charge in [0.2, 0.25) is 0 Å². The summed E-state index contributed by atoms with van der Waals surface area (Å²) in [7, 11) is 0. The molecule has 22 heavy (non-hydrogen) atoms. The van der Waals surface area contributed by atoms with Gasteiger partial charge in [0.05, 0.1) is 5.39 Å². The second kappa shape index (κ2) is 5.57. The number of hydrogen-bond acceptors (Lipinski definition) is 6. The van der Waals surface area contributed by atoms with Crippen LogP contribution in [0.2, 0.25) is 0 Å². The summed E-state index contributed by atoms with van der Waals surface area (Å²) in [5.41, 5.74) is -0.319. The number of rotatable bonds is 2. The Kier molecular flexibility index (Phi) is 3.60. The smallest absolute Gasteiger partial charge is 0.366 e. The highest BCUT2D eigenvalue weighted by Gasteiger charge is 2.12. The van der Waals surface area contributed by atoms with Crippen LogP contribution in [0.5, 0.6) is 11.5 Å². The van der Waals surface area contributed by atoms with Crippen LogP contribution in [0.15, 0.2) is 61.6 Å². The van der Waals surface area contributed by atoms with E-state index >= 15 is 0 Å². The van der Waals surface area contributed by atoms with Crippen molar-refractivity contribution in [3.8, 4) is 11.5 Å². The van der Waals surface area contributed by atoms with Crippen molar-refractivity contribution < 1.29 is 14.6 Å². The summed E-state index contributed by atoms with van der Waals surface area (Å²) in [4.78, 5) is 16.5. The van der Waals surface area contributed by atoms with Crippen molar-refractivity contribution in [3.05, 3.63) is 58.4 Å². The number of aromatic hydroxyl groups is 2. The Hall–Kier alpha value is -2.73. The van der Waals surface area contributed by atoms with Crippen molar-refractivity contribution in [1.29, 1.82) is 0 Å². The van der Waals surface area contributed by atoms with Crippen molar-refractivity contribution in [2.75, 3.05) is 0 Å². The molecule has 0 saturated carbocycles. The molecular formula is C16H11NO4S. The summed E-state index contributed by atoms with van der Waals surface area (Å²) in [5, 5.41) is 20.3. The molecule has 0 aliphatic carbocycles. The monoisotopic (exact) mass is 313 g/mol. The van der Waals surface area contributed by atoms with E-state index in [4.69, 9.17) is 4.42 Å². The number of aliphatic imine (C=N–C) groups is 1. The first-order chi connectivity index (χ1) is 10.6. The van der Waals surface area contributed by atoms with Gasteiger partial charge in [0.15, 0.2) is 11.4 Å². The van der Waals surface area contributed by atoms with Crippen molar-refractivity contribution in [2.45, 2.75) is 4.90 Å². The van der Waals surface area contributed by atoms with Gasteiger partial charge in [-0.15, -0.1) is 12.6 Å². The van der Waals surface area contributed by atoms with E-state index in [1.807, 2.05) is 0 Å². The molecule has 5 nitrogen and oxygen atoms in total. The third-order valence-electron chi connectivity index (χ3n) is 3.11. The van der Waals surface area contributed by atoms with E-state index < -0.39 is 5.63 Å². The topological polar surface area (TPSA) is 83.0 Å². The van der Waals surface area contributed by atoms with Crippen molar-refractivity contribution in [1.82, 2.24) is 0 Å². The Morgan fingerprint density at radius 1 is 1.14 bits per heavy atom. The Morgan fingerprint density at radius 3 is 2.73 bits per heavy atom. The van der Waals surface area contributed by atoms with Gasteiger partial charge in [-0.3, -0.25) is 0 Å². The Morgan fingerprint density at radius 2 is 1.91 bits per heavy atom. The van der Waals surface area contributed by atoms with E-state index in [9.17, 15) is 15.0 Å². The molecule has 0 amide bonds. The van der Waals surface area contributed by atoms with Crippen LogP contribution in [-0.2, 0) is 0 Å². The van der Waals surface area contributed by atoms with Gasteiger partial charge in [-0.05, 0) is 30.3 Å². The maximum Gasteiger partial charge on any atom is 0.366 e. The van der Waals surface area contributed by atoms with Crippen LogP contribution < -0.4 is 5.63 Å². The summed E-state index contributed by atoms with van der Waals surface area (Å²) in [6, 6.07) is 11.3. The van der Waals surface area contributed by atoms with Crippen molar-refractivity contribution in [3.63, 3.8) is 0 Å². The van der Waals surface area contributed by atoms with Gasteiger partial charge >= 0.3 is 5.63 Å². The molecule has 0 spiro atoms. The van der Waals surface area contributed by atoms with E-state index in [-0.39, 0.29) is 22.8 Å². The SMILES string of the molecule is O=c1oc2ccccc2c(O)c1N=Cc1cc(S)ccc1O. The standard InChI is InChI=1S/C16H11NO4S/c18-12-6-5-10(22)7-9(12)8-17-14-15(19)11-3-1-2-4-13(11)21-16(14)20/h1-8,18-19,22H. The van der Waals surface area contributed by atoms with Gasteiger partial charge in [0.25, 0.3) is 0 Å². The maximum atomic E-state index is 11.9. The molecule has 0 aliphatic rings. The molecule has 2 N–H and O–H groups in total. The lowest BCUT2D eigenvalue weighted by molar-refractivity contribution is 0.470. The zero-order valence-electron chi connectivity index (χ0n) is 11.2. The molecule has 1 heterocycles. The van der Waals surface area contributed by atoms with E-state index in [2.05, 4.69) is 17.6 Å². The van der Waals surface area contributed by atoms with Crippen LogP contribution in [0.1, 0.15) is 5.56 Å². The zero-order chi connectivity index (χ0) is 15.7. The second-order valence-electron chi connectivity index (χ2n) is 4.58. The van der Waals surface area contributed by atoms with Crippen LogP contribution in [0.4, 0.5) is 5.69 Å². The molecule has 2 aromatic carbocycles. The molecule has 3 rings (SSSR count). The fourth-order valence-corrected chi connectivity index (χ4v) is 2.23. The predicted octanol–water partition coefficient (Wildman–Crippen LogP) is 3.24. The lowest BCUT2D eigenvalue weighted by Gasteiger charge is -2.03. The fraction of sp³-hybridized carbons (Fsp3) is 0. The molecule has 3 aromatic rings. The van der Waals surface area contributed by atoms with Crippen LogP contribution in [0, 0.1) is 0 Å². The molecule has 0 radical (unpaired) electrons. The van der Waals surface area contributed by atoms with Gasteiger partial charge in [-0.25, -0.2) is 9.79 Å². The quantitative estimate of drug-likeness (QED) is 0.385. The summed E-state index contributed by atoms with van der Waals surface area (Å²) < 4.78 is 5.11. The zero-order valence-corrected chi connectivity index (χ0v) is 12.1. The van der Waals surface area contributed by atoms with Gasteiger partial charge in [0.1, 0.15) is 11.3 Å². The lowest BCUT2D eigenvalue weighted by atomic mass is 10.2. The normalized spacial score (nSPS) is 11.3. The van der Waals surface area contributed by atoms with Crippen LogP contribution in [-0.4, -0.2) is 16.4 Å². The first-order valence-corrected chi connectivity index (χ1v) is 6.82. The number of phenols is 1. The third-order valence-corrected chi connectivity index (χ3v) is 3.38. The second-order valence-corrected chi connectivity index (χ2v) is 5.10. The highest BCUT2D eigenvalue weighted by molar-refractivity contribution is 7.80. The average Bonchev–Trinajstić information content (AvgIpc) is 2.50. The van der Waals surface area contributed by atoms with E-state index in [0.29, 0.717) is 15.8 Å². The number of hydrogen-bond donors (Lipinski definition) is 3. The highest BCUT2D eigenvalue weighted by atomic mass is 32.1. The minimum atomic E-state index is -0.756. The number of phenolic OH excluding ortho intramolecular Hbond substituents is 1. The minimum absolute atomic E-state index is 0.00813. The summed E-state index contributed by atoms with van der Waals surface area (Å²) in [6.07, 6.45) is 1.27. The van der Waals surface area contributed by atoms with Gasteiger partial charge in [0, 0.05) is 16.7 Å². The molecule has 0 atom stereocenters. The molecule has 0 bridgehead atoms.